The van der Waals surface area contributed by atoms with Gasteiger partial charge < -0.3 is 10.2 Å². The topological polar surface area (TPSA) is 49.4 Å². The molecule has 1 aliphatic heterocycles. The highest BCUT2D eigenvalue weighted by Gasteiger charge is 2.35. The maximum atomic E-state index is 12.5. The molecule has 1 aliphatic rings. The first-order chi connectivity index (χ1) is 11.5. The van der Waals surface area contributed by atoms with Crippen molar-refractivity contribution in [1.29, 1.82) is 0 Å². The molecule has 1 N–H and O–H groups in total. The fourth-order valence-corrected chi connectivity index (χ4v) is 3.12. The number of carbonyl (C=O) groups excluding carboxylic acids is 2. The van der Waals surface area contributed by atoms with Crippen molar-refractivity contribution in [2.45, 2.75) is 20.3 Å². The van der Waals surface area contributed by atoms with Gasteiger partial charge in [-0.05, 0) is 43.2 Å². The number of aryl methyl sites for hydroxylation is 1. The van der Waals surface area contributed by atoms with Crippen LogP contribution in [0, 0.1) is 19.8 Å². The summed E-state index contributed by atoms with van der Waals surface area (Å²) in [6.07, 6.45) is 0.212. The van der Waals surface area contributed by atoms with E-state index in [2.05, 4.69) is 5.32 Å². The van der Waals surface area contributed by atoms with Gasteiger partial charge in [0.1, 0.15) is 0 Å². The molecule has 1 atom stereocenters. The Labute approximate surface area is 146 Å². The summed E-state index contributed by atoms with van der Waals surface area (Å²) in [5.74, 6) is -0.541. The largest absolute Gasteiger partial charge is 0.326 e. The van der Waals surface area contributed by atoms with Gasteiger partial charge in [-0.1, -0.05) is 35.9 Å². The van der Waals surface area contributed by atoms with Crippen LogP contribution in [0.3, 0.4) is 0 Å². The van der Waals surface area contributed by atoms with E-state index in [9.17, 15) is 9.59 Å². The number of anilines is 2. The molecule has 0 radical (unpaired) electrons. The summed E-state index contributed by atoms with van der Waals surface area (Å²) in [4.78, 5) is 26.6. The predicted octanol–water partition coefficient (Wildman–Crippen LogP) is 3.95. The molecule has 124 valence electrons. The van der Waals surface area contributed by atoms with E-state index in [1.165, 1.54) is 0 Å². The first-order valence-electron chi connectivity index (χ1n) is 7.89. The molecule has 2 aromatic carbocycles. The predicted molar refractivity (Wildman–Crippen MR) is 96.5 cm³/mol. The van der Waals surface area contributed by atoms with Crippen LogP contribution in [-0.4, -0.2) is 18.4 Å². The van der Waals surface area contributed by atoms with E-state index in [1.807, 2.05) is 50.2 Å². The molecule has 0 bridgehead atoms. The van der Waals surface area contributed by atoms with Crippen LogP contribution in [0.4, 0.5) is 11.4 Å². The van der Waals surface area contributed by atoms with E-state index in [-0.39, 0.29) is 24.2 Å². The molecular weight excluding hydrogens is 324 g/mol. The summed E-state index contributed by atoms with van der Waals surface area (Å²) in [5.41, 5.74) is 3.41. The smallest absolute Gasteiger partial charge is 0.229 e. The van der Waals surface area contributed by atoms with Crippen molar-refractivity contribution in [3.8, 4) is 0 Å². The summed E-state index contributed by atoms with van der Waals surface area (Å²) < 4.78 is 0. The van der Waals surface area contributed by atoms with Gasteiger partial charge in [-0.25, -0.2) is 0 Å². The average molecular weight is 343 g/mol. The molecule has 3 rings (SSSR count). The zero-order valence-corrected chi connectivity index (χ0v) is 14.4. The lowest BCUT2D eigenvalue weighted by Crippen LogP contribution is -2.28. The number of amides is 2. The van der Waals surface area contributed by atoms with Crippen molar-refractivity contribution in [1.82, 2.24) is 0 Å². The SMILES string of the molecule is Cc1ccccc1NC(=O)[C@H]1CC(=O)N(c2cccc(Cl)c2C)C1. The summed E-state index contributed by atoms with van der Waals surface area (Å²) >= 11 is 6.15. The molecule has 4 nitrogen and oxygen atoms in total. The summed E-state index contributed by atoms with van der Waals surface area (Å²) in [6, 6.07) is 13.1. The van der Waals surface area contributed by atoms with Gasteiger partial charge in [0, 0.05) is 29.4 Å². The Kier molecular flexibility index (Phi) is 4.58. The number of para-hydroxylation sites is 1. The van der Waals surface area contributed by atoms with Gasteiger partial charge in [-0.15, -0.1) is 0 Å². The van der Waals surface area contributed by atoms with Crippen LogP contribution in [0.25, 0.3) is 0 Å². The molecule has 5 heteroatoms. The molecule has 0 aromatic heterocycles. The van der Waals surface area contributed by atoms with Crippen molar-refractivity contribution in [3.63, 3.8) is 0 Å². The quantitative estimate of drug-likeness (QED) is 0.918. The second-order valence-electron chi connectivity index (χ2n) is 6.09. The first-order valence-corrected chi connectivity index (χ1v) is 8.27. The van der Waals surface area contributed by atoms with Gasteiger partial charge in [0.15, 0.2) is 0 Å². The second-order valence-corrected chi connectivity index (χ2v) is 6.50. The second kappa shape index (κ2) is 6.65. The minimum Gasteiger partial charge on any atom is -0.326 e. The normalized spacial score (nSPS) is 17.2. The minimum absolute atomic E-state index is 0.0506. The van der Waals surface area contributed by atoms with Crippen molar-refractivity contribution >= 4 is 34.8 Å². The Morgan fingerprint density at radius 3 is 2.67 bits per heavy atom. The van der Waals surface area contributed by atoms with E-state index >= 15 is 0 Å². The average Bonchev–Trinajstić information content (AvgIpc) is 2.94. The maximum Gasteiger partial charge on any atom is 0.229 e. The van der Waals surface area contributed by atoms with Crippen LogP contribution in [0.1, 0.15) is 17.5 Å². The third kappa shape index (κ3) is 3.15. The number of benzene rings is 2. The van der Waals surface area contributed by atoms with Gasteiger partial charge in [-0.3, -0.25) is 9.59 Å². The van der Waals surface area contributed by atoms with E-state index in [1.54, 1.807) is 11.0 Å². The fraction of sp³-hybridized carbons (Fsp3) is 0.263. The number of hydrogen-bond acceptors (Lipinski definition) is 2. The van der Waals surface area contributed by atoms with Gasteiger partial charge in [0.2, 0.25) is 11.8 Å². The van der Waals surface area contributed by atoms with Gasteiger partial charge in [-0.2, -0.15) is 0 Å². The Hall–Kier alpha value is -2.33. The molecule has 24 heavy (non-hydrogen) atoms. The number of rotatable bonds is 3. The Morgan fingerprint density at radius 1 is 1.17 bits per heavy atom. The highest BCUT2D eigenvalue weighted by Crippen LogP contribution is 2.32. The summed E-state index contributed by atoms with van der Waals surface area (Å²) in [7, 11) is 0. The van der Waals surface area contributed by atoms with Crippen LogP contribution >= 0.6 is 11.6 Å². The molecule has 2 amide bonds. The standard InChI is InChI=1S/C19H19ClN2O2/c1-12-6-3-4-8-16(12)21-19(24)14-10-18(23)22(11-14)17-9-5-7-15(20)13(17)2/h3-9,14H,10-11H2,1-2H3,(H,21,24)/t14-/m0/s1. The minimum atomic E-state index is -0.365. The third-order valence-electron chi connectivity index (χ3n) is 4.43. The lowest BCUT2D eigenvalue weighted by molar-refractivity contribution is -0.122. The molecule has 1 heterocycles. The Morgan fingerprint density at radius 2 is 1.92 bits per heavy atom. The summed E-state index contributed by atoms with van der Waals surface area (Å²) in [6.45, 7) is 4.19. The Balaban J connectivity index is 1.76. The van der Waals surface area contributed by atoms with Crippen LogP contribution in [-0.2, 0) is 9.59 Å². The fourth-order valence-electron chi connectivity index (χ4n) is 2.95. The highest BCUT2D eigenvalue weighted by molar-refractivity contribution is 6.31. The zero-order valence-electron chi connectivity index (χ0n) is 13.7. The maximum absolute atomic E-state index is 12.5. The number of carbonyl (C=O) groups is 2. The molecule has 1 fully saturated rings. The summed E-state index contributed by atoms with van der Waals surface area (Å²) in [5, 5.41) is 3.55. The van der Waals surface area contributed by atoms with Gasteiger partial charge in [0.05, 0.1) is 5.92 Å². The van der Waals surface area contributed by atoms with Crippen molar-refractivity contribution in [2.24, 2.45) is 5.92 Å². The number of halogens is 1. The highest BCUT2D eigenvalue weighted by atomic mass is 35.5. The van der Waals surface area contributed by atoms with E-state index in [0.29, 0.717) is 11.6 Å². The number of nitrogens with one attached hydrogen (secondary N) is 1. The molecule has 1 saturated heterocycles. The molecule has 0 saturated carbocycles. The molecule has 0 spiro atoms. The first kappa shape index (κ1) is 16.5. The molecular formula is C19H19ClN2O2. The third-order valence-corrected chi connectivity index (χ3v) is 4.84. The van der Waals surface area contributed by atoms with Gasteiger partial charge >= 0.3 is 0 Å². The van der Waals surface area contributed by atoms with Crippen LogP contribution in [0.15, 0.2) is 42.5 Å². The van der Waals surface area contributed by atoms with Crippen molar-refractivity contribution < 1.29 is 9.59 Å². The lowest BCUT2D eigenvalue weighted by Gasteiger charge is -2.19. The van der Waals surface area contributed by atoms with Gasteiger partial charge in [0.25, 0.3) is 0 Å². The molecule has 0 aliphatic carbocycles. The van der Waals surface area contributed by atoms with Crippen molar-refractivity contribution in [3.05, 3.63) is 58.6 Å². The van der Waals surface area contributed by atoms with Crippen LogP contribution in [0.5, 0.6) is 0 Å². The number of nitrogens with zero attached hydrogens (tertiary/aromatic N) is 1. The number of hydrogen-bond donors (Lipinski definition) is 1. The van der Waals surface area contributed by atoms with Crippen LogP contribution in [0.2, 0.25) is 5.02 Å². The molecule has 0 unspecified atom stereocenters. The van der Waals surface area contributed by atoms with Crippen molar-refractivity contribution in [2.75, 3.05) is 16.8 Å². The monoisotopic (exact) mass is 342 g/mol. The van der Waals surface area contributed by atoms with E-state index < -0.39 is 0 Å². The Bertz CT molecular complexity index is 804. The zero-order chi connectivity index (χ0) is 17.3. The van der Waals surface area contributed by atoms with E-state index in [4.69, 9.17) is 11.6 Å². The van der Waals surface area contributed by atoms with Crippen LogP contribution < -0.4 is 10.2 Å². The van der Waals surface area contributed by atoms with E-state index in [0.717, 1.165) is 22.5 Å². The lowest BCUT2D eigenvalue weighted by atomic mass is 10.1. The molecule has 2 aromatic rings.